The number of pyridine rings is 1. The fourth-order valence-corrected chi connectivity index (χ4v) is 6.88. The van der Waals surface area contributed by atoms with Crippen LogP contribution in [0.15, 0.2) is 40.0 Å². The summed E-state index contributed by atoms with van der Waals surface area (Å²) >= 11 is 6.89. The smallest absolute Gasteiger partial charge is 0.270 e. The number of benzene rings is 1. The number of amides is 1. The third-order valence-electron chi connectivity index (χ3n) is 7.88. The molecule has 2 fully saturated rings. The minimum absolute atomic E-state index is 0.0835. The Morgan fingerprint density at radius 1 is 1.10 bits per heavy atom. The number of carbonyl (C=O) groups is 1. The molecule has 0 N–H and O–H groups in total. The summed E-state index contributed by atoms with van der Waals surface area (Å²) in [5.41, 5.74) is 2.56. The van der Waals surface area contributed by atoms with Crippen molar-refractivity contribution in [3.63, 3.8) is 0 Å². The second kappa shape index (κ2) is 13.5. The molecule has 0 spiro atoms. The van der Waals surface area contributed by atoms with Crippen LogP contribution in [0.2, 0.25) is 0 Å². The van der Waals surface area contributed by atoms with Crippen molar-refractivity contribution in [1.82, 2.24) is 9.47 Å². The van der Waals surface area contributed by atoms with Crippen LogP contribution in [0, 0.1) is 24.2 Å². The quantitative estimate of drug-likeness (QED) is 0.195. The summed E-state index contributed by atoms with van der Waals surface area (Å²) in [5.74, 6) is 1.27. The molecule has 6 nitrogen and oxygen atoms in total. The van der Waals surface area contributed by atoms with E-state index in [9.17, 15) is 14.9 Å². The number of carbonyl (C=O) groups excluding carboxylic acids is 1. The Bertz CT molecular complexity index is 1340. The molecule has 2 saturated heterocycles. The minimum Gasteiger partial charge on any atom is -0.357 e. The molecule has 0 bridgehead atoms. The Morgan fingerprint density at radius 2 is 1.79 bits per heavy atom. The predicted octanol–water partition coefficient (Wildman–Crippen LogP) is 6.20. The average Bonchev–Trinajstić information content (AvgIpc) is 3.20. The van der Waals surface area contributed by atoms with Gasteiger partial charge in [0, 0.05) is 32.2 Å². The normalized spacial score (nSPS) is 17.3. The van der Waals surface area contributed by atoms with Crippen LogP contribution in [0.4, 0.5) is 5.82 Å². The second-order valence-electron chi connectivity index (χ2n) is 10.6. The molecule has 39 heavy (non-hydrogen) atoms. The zero-order valence-corrected chi connectivity index (χ0v) is 24.9. The van der Waals surface area contributed by atoms with E-state index < -0.39 is 0 Å². The molecule has 1 aromatic carbocycles. The Balaban J connectivity index is 1.59. The van der Waals surface area contributed by atoms with Crippen LogP contribution in [-0.4, -0.2) is 39.3 Å². The Kier molecular flexibility index (Phi) is 10.0. The van der Waals surface area contributed by atoms with Gasteiger partial charge in [-0.05, 0) is 55.7 Å². The van der Waals surface area contributed by atoms with Gasteiger partial charge in [-0.2, -0.15) is 5.26 Å². The number of piperidine rings is 1. The third-order valence-corrected chi connectivity index (χ3v) is 9.26. The van der Waals surface area contributed by atoms with E-state index in [1.807, 2.05) is 19.1 Å². The van der Waals surface area contributed by atoms with Gasteiger partial charge < -0.3 is 4.90 Å². The van der Waals surface area contributed by atoms with Crippen molar-refractivity contribution < 1.29 is 4.79 Å². The second-order valence-corrected chi connectivity index (χ2v) is 12.3. The van der Waals surface area contributed by atoms with Crippen molar-refractivity contribution in [2.24, 2.45) is 13.0 Å². The van der Waals surface area contributed by atoms with E-state index in [-0.39, 0.29) is 17.0 Å². The molecule has 2 aliphatic rings. The first-order valence-electron chi connectivity index (χ1n) is 14.0. The van der Waals surface area contributed by atoms with E-state index in [1.165, 1.54) is 36.6 Å². The van der Waals surface area contributed by atoms with Gasteiger partial charge in [0.25, 0.3) is 11.5 Å². The molecular formula is C31H38N4O2S2. The van der Waals surface area contributed by atoms with Crippen molar-refractivity contribution in [3.05, 3.63) is 67.8 Å². The predicted molar refractivity (Wildman–Crippen MR) is 165 cm³/mol. The van der Waals surface area contributed by atoms with Crippen molar-refractivity contribution in [2.45, 2.75) is 65.2 Å². The van der Waals surface area contributed by atoms with E-state index in [1.54, 1.807) is 16.5 Å². The summed E-state index contributed by atoms with van der Waals surface area (Å²) in [4.78, 5) is 31.0. The molecule has 0 saturated carbocycles. The summed E-state index contributed by atoms with van der Waals surface area (Å²) in [6.07, 6.45) is 10.5. The topological polar surface area (TPSA) is 69.3 Å². The highest BCUT2D eigenvalue weighted by atomic mass is 32.2. The van der Waals surface area contributed by atoms with Gasteiger partial charge in [0.1, 0.15) is 21.8 Å². The number of unbranched alkanes of at least 4 members (excludes halogenated alkanes) is 4. The standard InChI is InChI=1S/C31H38N4O2S2/c1-4-5-6-7-11-16-35-30(37)27(39-31(35)38)20-25-22(2)26(21-32)29(36)33(3)28(25)34-17-14-24(15-18-34)19-23-12-9-8-10-13-23/h8-10,12-13,20,24H,4-7,11,14-19H2,1-3H3/b27-20+. The van der Waals surface area contributed by atoms with Crippen LogP contribution < -0.4 is 10.5 Å². The number of hydrogen-bond acceptors (Lipinski definition) is 6. The molecule has 206 valence electrons. The summed E-state index contributed by atoms with van der Waals surface area (Å²) in [6, 6.07) is 12.7. The van der Waals surface area contributed by atoms with Gasteiger partial charge in [-0.15, -0.1) is 0 Å². The van der Waals surface area contributed by atoms with E-state index in [0.29, 0.717) is 27.3 Å². The Morgan fingerprint density at radius 3 is 2.46 bits per heavy atom. The number of aromatic nitrogens is 1. The summed E-state index contributed by atoms with van der Waals surface area (Å²) in [6.45, 7) is 6.26. The lowest BCUT2D eigenvalue weighted by Crippen LogP contribution is -2.39. The highest BCUT2D eigenvalue weighted by molar-refractivity contribution is 8.26. The van der Waals surface area contributed by atoms with Gasteiger partial charge in [0.05, 0.1) is 4.91 Å². The SMILES string of the molecule is CCCCCCCN1C(=O)/C(=C\c2c(C)c(C#N)c(=O)n(C)c2N2CCC(Cc3ccccc3)CC2)SC1=S. The number of anilines is 1. The van der Waals surface area contributed by atoms with Crippen LogP contribution in [0.5, 0.6) is 0 Å². The van der Waals surface area contributed by atoms with Crippen LogP contribution in [-0.2, 0) is 18.3 Å². The molecule has 1 aromatic heterocycles. The fourth-order valence-electron chi connectivity index (χ4n) is 5.59. The molecule has 8 heteroatoms. The maximum absolute atomic E-state index is 13.4. The van der Waals surface area contributed by atoms with Crippen LogP contribution in [0.25, 0.3) is 6.08 Å². The summed E-state index contributed by atoms with van der Waals surface area (Å²) in [7, 11) is 1.73. The number of hydrogen-bond donors (Lipinski definition) is 0. The zero-order chi connectivity index (χ0) is 27.9. The molecule has 0 unspecified atom stereocenters. The molecule has 1 amide bonds. The summed E-state index contributed by atoms with van der Waals surface area (Å²) in [5, 5.41) is 9.78. The molecule has 4 rings (SSSR count). The van der Waals surface area contributed by atoms with Gasteiger partial charge in [-0.25, -0.2) is 0 Å². The van der Waals surface area contributed by atoms with Gasteiger partial charge in [-0.1, -0.05) is 86.9 Å². The lowest BCUT2D eigenvalue weighted by Gasteiger charge is -2.36. The van der Waals surface area contributed by atoms with E-state index >= 15 is 0 Å². The number of nitrogens with zero attached hydrogens (tertiary/aromatic N) is 4. The maximum Gasteiger partial charge on any atom is 0.270 e. The lowest BCUT2D eigenvalue weighted by molar-refractivity contribution is -0.122. The molecule has 0 radical (unpaired) electrons. The molecule has 2 aliphatic heterocycles. The van der Waals surface area contributed by atoms with Crippen molar-refractivity contribution in [2.75, 3.05) is 24.5 Å². The molecule has 0 atom stereocenters. The Hall–Kier alpha value is -2.89. The number of thioether (sulfide) groups is 1. The maximum atomic E-state index is 13.4. The number of rotatable bonds is 10. The van der Waals surface area contributed by atoms with Crippen LogP contribution in [0.3, 0.4) is 0 Å². The number of thiocarbonyl (C=S) groups is 1. The molecule has 2 aromatic rings. The van der Waals surface area contributed by atoms with Crippen molar-refractivity contribution >= 4 is 46.1 Å². The van der Waals surface area contributed by atoms with Crippen LogP contribution in [0.1, 0.15) is 74.1 Å². The first kappa shape index (κ1) is 29.1. The first-order chi connectivity index (χ1) is 18.8. The lowest BCUT2D eigenvalue weighted by atomic mass is 9.90. The molecule has 0 aliphatic carbocycles. The molecule has 3 heterocycles. The highest BCUT2D eigenvalue weighted by Gasteiger charge is 2.33. The van der Waals surface area contributed by atoms with Gasteiger partial charge in [0.15, 0.2) is 0 Å². The highest BCUT2D eigenvalue weighted by Crippen LogP contribution is 2.37. The largest absolute Gasteiger partial charge is 0.357 e. The first-order valence-corrected chi connectivity index (χ1v) is 15.3. The van der Waals surface area contributed by atoms with E-state index in [4.69, 9.17) is 12.2 Å². The monoisotopic (exact) mass is 562 g/mol. The van der Waals surface area contributed by atoms with Gasteiger partial charge >= 0.3 is 0 Å². The van der Waals surface area contributed by atoms with Crippen LogP contribution >= 0.6 is 24.0 Å². The summed E-state index contributed by atoms with van der Waals surface area (Å²) < 4.78 is 2.16. The van der Waals surface area contributed by atoms with E-state index in [2.05, 4.69) is 42.2 Å². The zero-order valence-electron chi connectivity index (χ0n) is 23.2. The number of nitriles is 1. The fraction of sp³-hybridized carbons (Fsp3) is 0.484. The van der Waals surface area contributed by atoms with Crippen molar-refractivity contribution in [3.8, 4) is 6.07 Å². The Labute approximate surface area is 241 Å². The third kappa shape index (κ3) is 6.64. The van der Waals surface area contributed by atoms with E-state index in [0.717, 1.165) is 56.6 Å². The average molecular weight is 563 g/mol. The van der Waals surface area contributed by atoms with Gasteiger partial charge in [-0.3, -0.25) is 19.1 Å². The van der Waals surface area contributed by atoms with Gasteiger partial charge in [0.2, 0.25) is 0 Å². The van der Waals surface area contributed by atoms with Crippen molar-refractivity contribution in [1.29, 1.82) is 5.26 Å². The minimum atomic E-state index is -0.298. The molecular weight excluding hydrogens is 525 g/mol.